The summed E-state index contributed by atoms with van der Waals surface area (Å²) in [5, 5.41) is 3.93. The standard InChI is InChI=1S/C16H22N4O2/c1-10-9-19(4)16(17-10)14-6-5-7-20(14)15(21)8-13-11(2)18-22-12(13)3/h9,14H,5-8H2,1-4H3/t14-/m1/s1. The molecular formula is C16H22N4O2. The van der Waals surface area contributed by atoms with Crippen LogP contribution in [0.25, 0.3) is 0 Å². The van der Waals surface area contributed by atoms with E-state index in [9.17, 15) is 4.79 Å². The Hall–Kier alpha value is -2.11. The van der Waals surface area contributed by atoms with Crippen LogP contribution < -0.4 is 0 Å². The molecule has 2 aromatic rings. The van der Waals surface area contributed by atoms with Gasteiger partial charge in [-0.3, -0.25) is 4.79 Å². The van der Waals surface area contributed by atoms with E-state index in [1.807, 2.05) is 43.5 Å². The lowest BCUT2D eigenvalue weighted by molar-refractivity contribution is -0.131. The summed E-state index contributed by atoms with van der Waals surface area (Å²) in [7, 11) is 1.99. The Labute approximate surface area is 130 Å². The van der Waals surface area contributed by atoms with E-state index in [0.29, 0.717) is 6.42 Å². The highest BCUT2D eigenvalue weighted by molar-refractivity contribution is 5.80. The molecule has 1 aliphatic rings. The van der Waals surface area contributed by atoms with Crippen LogP contribution in [0.1, 0.15) is 47.4 Å². The number of aryl methyl sites for hydroxylation is 4. The molecule has 1 fully saturated rings. The topological polar surface area (TPSA) is 64.2 Å². The second kappa shape index (κ2) is 5.59. The summed E-state index contributed by atoms with van der Waals surface area (Å²) in [4.78, 5) is 19.3. The van der Waals surface area contributed by atoms with Crippen molar-refractivity contribution >= 4 is 5.91 Å². The molecule has 1 amide bonds. The van der Waals surface area contributed by atoms with Crippen molar-refractivity contribution in [3.63, 3.8) is 0 Å². The Morgan fingerprint density at radius 1 is 1.41 bits per heavy atom. The molecule has 0 bridgehead atoms. The lowest BCUT2D eigenvalue weighted by atomic mass is 10.1. The maximum absolute atomic E-state index is 12.7. The third-order valence-corrected chi connectivity index (χ3v) is 4.41. The third kappa shape index (κ3) is 2.53. The SMILES string of the molecule is Cc1cn(C)c([C@H]2CCCN2C(=O)Cc2c(C)noc2C)n1. The van der Waals surface area contributed by atoms with Gasteiger partial charge in [-0.05, 0) is 33.6 Å². The molecule has 3 rings (SSSR count). The summed E-state index contributed by atoms with van der Waals surface area (Å²) in [5.41, 5.74) is 2.70. The second-order valence-corrected chi connectivity index (χ2v) is 6.08. The zero-order valence-corrected chi connectivity index (χ0v) is 13.6. The van der Waals surface area contributed by atoms with Crippen LogP contribution in [-0.2, 0) is 18.3 Å². The van der Waals surface area contributed by atoms with E-state index in [0.717, 1.165) is 47.9 Å². The van der Waals surface area contributed by atoms with Gasteiger partial charge in [-0.15, -0.1) is 0 Å². The van der Waals surface area contributed by atoms with Crippen molar-refractivity contribution < 1.29 is 9.32 Å². The van der Waals surface area contributed by atoms with Gasteiger partial charge in [0.15, 0.2) is 0 Å². The van der Waals surface area contributed by atoms with Crippen LogP contribution in [0.4, 0.5) is 0 Å². The maximum Gasteiger partial charge on any atom is 0.227 e. The number of hydrogen-bond acceptors (Lipinski definition) is 4. The molecule has 118 valence electrons. The van der Waals surface area contributed by atoms with E-state index in [4.69, 9.17) is 4.52 Å². The Morgan fingerprint density at radius 2 is 2.18 bits per heavy atom. The van der Waals surface area contributed by atoms with Gasteiger partial charge in [-0.1, -0.05) is 5.16 Å². The van der Waals surface area contributed by atoms with Gasteiger partial charge in [0.2, 0.25) is 5.91 Å². The lowest BCUT2D eigenvalue weighted by Crippen LogP contribution is -2.33. The largest absolute Gasteiger partial charge is 0.361 e. The maximum atomic E-state index is 12.7. The van der Waals surface area contributed by atoms with Crippen LogP contribution in [0.5, 0.6) is 0 Å². The van der Waals surface area contributed by atoms with Gasteiger partial charge in [0.05, 0.1) is 23.9 Å². The number of rotatable bonds is 3. The van der Waals surface area contributed by atoms with E-state index in [1.165, 1.54) is 0 Å². The molecule has 0 aromatic carbocycles. The van der Waals surface area contributed by atoms with Crippen molar-refractivity contribution in [3.05, 3.63) is 34.7 Å². The van der Waals surface area contributed by atoms with Crippen molar-refractivity contribution in [3.8, 4) is 0 Å². The van der Waals surface area contributed by atoms with Gasteiger partial charge in [-0.2, -0.15) is 0 Å². The van der Waals surface area contributed by atoms with Crippen molar-refractivity contribution in [2.75, 3.05) is 6.54 Å². The molecule has 1 atom stereocenters. The van der Waals surface area contributed by atoms with Crippen LogP contribution in [0, 0.1) is 20.8 Å². The molecule has 0 radical (unpaired) electrons. The number of nitrogens with zero attached hydrogens (tertiary/aromatic N) is 4. The molecule has 1 aliphatic heterocycles. The molecule has 6 heteroatoms. The Morgan fingerprint density at radius 3 is 2.77 bits per heavy atom. The van der Waals surface area contributed by atoms with Crippen molar-refractivity contribution in [2.45, 2.75) is 46.1 Å². The molecule has 2 aromatic heterocycles. The molecule has 1 saturated heterocycles. The minimum absolute atomic E-state index is 0.0756. The first-order valence-electron chi connectivity index (χ1n) is 7.68. The summed E-state index contributed by atoms with van der Waals surface area (Å²) in [6.45, 7) is 6.50. The van der Waals surface area contributed by atoms with E-state index < -0.39 is 0 Å². The highest BCUT2D eigenvalue weighted by Crippen LogP contribution is 2.32. The molecular weight excluding hydrogens is 280 g/mol. The van der Waals surface area contributed by atoms with Gasteiger partial charge in [0.1, 0.15) is 11.6 Å². The van der Waals surface area contributed by atoms with Crippen LogP contribution in [0.15, 0.2) is 10.7 Å². The molecule has 0 saturated carbocycles. The molecule has 0 N–H and O–H groups in total. The van der Waals surface area contributed by atoms with Crippen molar-refractivity contribution in [1.29, 1.82) is 0 Å². The normalized spacial score (nSPS) is 18.2. The fourth-order valence-corrected chi connectivity index (χ4v) is 3.29. The van der Waals surface area contributed by atoms with Gasteiger partial charge in [0.25, 0.3) is 0 Å². The lowest BCUT2D eigenvalue weighted by Gasteiger charge is -2.24. The first kappa shape index (κ1) is 14.8. The smallest absolute Gasteiger partial charge is 0.227 e. The molecule has 0 unspecified atom stereocenters. The molecule has 6 nitrogen and oxygen atoms in total. The van der Waals surface area contributed by atoms with Crippen LogP contribution in [-0.4, -0.2) is 32.1 Å². The minimum atomic E-state index is 0.0756. The molecule has 22 heavy (non-hydrogen) atoms. The molecule has 3 heterocycles. The zero-order valence-electron chi connectivity index (χ0n) is 13.6. The van der Waals surface area contributed by atoms with Gasteiger partial charge in [-0.25, -0.2) is 4.98 Å². The second-order valence-electron chi connectivity index (χ2n) is 6.08. The van der Waals surface area contributed by atoms with E-state index >= 15 is 0 Å². The number of likely N-dealkylation sites (tertiary alicyclic amines) is 1. The Balaban J connectivity index is 1.81. The van der Waals surface area contributed by atoms with Gasteiger partial charge in [0, 0.05) is 25.4 Å². The first-order valence-corrected chi connectivity index (χ1v) is 7.68. The van der Waals surface area contributed by atoms with Crippen LogP contribution in [0.3, 0.4) is 0 Å². The monoisotopic (exact) mass is 302 g/mol. The van der Waals surface area contributed by atoms with Gasteiger partial charge < -0.3 is 14.0 Å². The Kier molecular flexibility index (Phi) is 3.76. The number of aromatic nitrogens is 3. The highest BCUT2D eigenvalue weighted by Gasteiger charge is 2.33. The number of carbonyl (C=O) groups excluding carboxylic acids is 1. The van der Waals surface area contributed by atoms with Gasteiger partial charge >= 0.3 is 0 Å². The predicted molar refractivity (Wildman–Crippen MR) is 81.3 cm³/mol. The quantitative estimate of drug-likeness (QED) is 0.872. The average Bonchev–Trinajstić information content (AvgIpc) is 3.14. The fraction of sp³-hybridized carbons (Fsp3) is 0.562. The van der Waals surface area contributed by atoms with E-state index in [2.05, 4.69) is 10.1 Å². The molecule has 0 spiro atoms. The number of carbonyl (C=O) groups is 1. The number of amides is 1. The average molecular weight is 302 g/mol. The summed E-state index contributed by atoms with van der Waals surface area (Å²) in [6, 6.07) is 0.0756. The van der Waals surface area contributed by atoms with Crippen LogP contribution in [0.2, 0.25) is 0 Å². The molecule has 0 aliphatic carbocycles. The Bertz CT molecular complexity index is 682. The minimum Gasteiger partial charge on any atom is -0.361 e. The first-order chi connectivity index (χ1) is 10.5. The number of imidazole rings is 1. The predicted octanol–water partition coefficient (Wildman–Crippen LogP) is 2.24. The number of hydrogen-bond donors (Lipinski definition) is 0. The summed E-state index contributed by atoms with van der Waals surface area (Å²) < 4.78 is 7.18. The zero-order chi connectivity index (χ0) is 15.9. The fourth-order valence-electron chi connectivity index (χ4n) is 3.29. The third-order valence-electron chi connectivity index (χ3n) is 4.41. The van der Waals surface area contributed by atoms with Crippen molar-refractivity contribution in [1.82, 2.24) is 19.6 Å². The summed E-state index contributed by atoms with van der Waals surface area (Å²) in [6.07, 6.45) is 4.34. The van der Waals surface area contributed by atoms with E-state index in [1.54, 1.807) is 0 Å². The van der Waals surface area contributed by atoms with Crippen LogP contribution >= 0.6 is 0 Å². The van der Waals surface area contributed by atoms with Crippen molar-refractivity contribution in [2.24, 2.45) is 7.05 Å². The van der Waals surface area contributed by atoms with E-state index in [-0.39, 0.29) is 11.9 Å². The highest BCUT2D eigenvalue weighted by atomic mass is 16.5. The summed E-state index contributed by atoms with van der Waals surface area (Å²) in [5.74, 6) is 1.83. The summed E-state index contributed by atoms with van der Waals surface area (Å²) >= 11 is 0.